The van der Waals surface area contributed by atoms with Crippen molar-refractivity contribution in [1.82, 2.24) is 14.8 Å². The Bertz CT molecular complexity index is 1180. The van der Waals surface area contributed by atoms with Gasteiger partial charge in [-0.3, -0.25) is 14.9 Å². The fourth-order valence-electron chi connectivity index (χ4n) is 2.66. The van der Waals surface area contributed by atoms with Crippen molar-refractivity contribution in [3.8, 4) is 11.5 Å². The summed E-state index contributed by atoms with van der Waals surface area (Å²) in [5, 5.41) is 19.6. The molecule has 0 N–H and O–H groups in total. The van der Waals surface area contributed by atoms with Crippen LogP contribution in [0.5, 0.6) is 11.5 Å². The number of nitrogens with zero attached hydrogens (tertiary/aromatic N) is 4. The molecule has 166 valence electrons. The van der Waals surface area contributed by atoms with Crippen molar-refractivity contribution in [2.45, 2.75) is 10.1 Å². The number of esters is 1. The molecule has 0 atom stereocenters. The SMILES string of the molecule is COc1ccc(C(=O)COC(=O)c2ccc(Sc3nncn3C)c([N+](=O)[O-])c2)c(OC)c1. The minimum absolute atomic E-state index is 0.0616. The van der Waals surface area contributed by atoms with Gasteiger partial charge in [-0.2, -0.15) is 0 Å². The third kappa shape index (κ3) is 5.03. The molecule has 0 fully saturated rings. The summed E-state index contributed by atoms with van der Waals surface area (Å²) in [4.78, 5) is 36.1. The fourth-order valence-corrected chi connectivity index (χ4v) is 3.51. The van der Waals surface area contributed by atoms with Crippen LogP contribution in [0.2, 0.25) is 0 Å². The lowest BCUT2D eigenvalue weighted by molar-refractivity contribution is -0.387. The molecule has 0 spiro atoms. The van der Waals surface area contributed by atoms with Crippen LogP contribution in [0.3, 0.4) is 0 Å². The standard InChI is InChI=1S/C20H18N4O7S/c1-23-11-21-22-20(23)32-18-7-4-12(8-15(18)24(27)28)19(26)31-10-16(25)14-6-5-13(29-2)9-17(14)30-3/h4-9,11H,10H2,1-3H3. The van der Waals surface area contributed by atoms with Gasteiger partial charge in [0, 0.05) is 19.2 Å². The number of nitro benzene ring substituents is 1. The molecule has 0 aliphatic rings. The Morgan fingerprint density at radius 2 is 1.94 bits per heavy atom. The van der Waals surface area contributed by atoms with Crippen LogP contribution in [0.1, 0.15) is 20.7 Å². The lowest BCUT2D eigenvalue weighted by atomic mass is 10.1. The van der Waals surface area contributed by atoms with Crippen molar-refractivity contribution in [3.05, 3.63) is 64.0 Å². The number of benzene rings is 2. The monoisotopic (exact) mass is 458 g/mol. The highest BCUT2D eigenvalue weighted by Crippen LogP contribution is 2.34. The van der Waals surface area contributed by atoms with Gasteiger partial charge in [0.2, 0.25) is 5.78 Å². The van der Waals surface area contributed by atoms with E-state index in [4.69, 9.17) is 14.2 Å². The molecular formula is C20H18N4O7S. The summed E-state index contributed by atoms with van der Waals surface area (Å²) < 4.78 is 16.9. The van der Waals surface area contributed by atoms with Gasteiger partial charge in [-0.15, -0.1) is 10.2 Å². The van der Waals surface area contributed by atoms with Crippen molar-refractivity contribution in [3.63, 3.8) is 0 Å². The third-order valence-electron chi connectivity index (χ3n) is 4.31. The molecular weight excluding hydrogens is 440 g/mol. The lowest BCUT2D eigenvalue weighted by Crippen LogP contribution is -2.15. The number of nitro groups is 1. The summed E-state index contributed by atoms with van der Waals surface area (Å²) in [6.45, 7) is -0.565. The average Bonchev–Trinajstić information content (AvgIpc) is 3.20. The number of aromatic nitrogens is 3. The first-order valence-electron chi connectivity index (χ1n) is 9.06. The summed E-state index contributed by atoms with van der Waals surface area (Å²) in [6.07, 6.45) is 1.47. The molecule has 0 aliphatic heterocycles. The Balaban J connectivity index is 1.74. The number of methoxy groups -OCH3 is 2. The first-order chi connectivity index (χ1) is 15.3. The van der Waals surface area contributed by atoms with Crippen LogP contribution < -0.4 is 9.47 Å². The predicted molar refractivity (Wildman–Crippen MR) is 112 cm³/mol. The number of hydrogen-bond donors (Lipinski definition) is 0. The van der Waals surface area contributed by atoms with E-state index in [1.807, 2.05) is 0 Å². The zero-order chi connectivity index (χ0) is 23.3. The number of rotatable bonds is 9. The van der Waals surface area contributed by atoms with E-state index in [0.717, 1.165) is 17.8 Å². The second-order valence-corrected chi connectivity index (χ2v) is 7.34. The van der Waals surface area contributed by atoms with Crippen LogP contribution in [0.4, 0.5) is 5.69 Å². The molecule has 0 amide bonds. The Morgan fingerprint density at radius 3 is 2.56 bits per heavy atom. The molecule has 0 saturated heterocycles. The molecule has 11 nitrogen and oxygen atoms in total. The van der Waals surface area contributed by atoms with E-state index in [1.54, 1.807) is 17.7 Å². The summed E-state index contributed by atoms with van der Waals surface area (Å²) in [5.41, 5.74) is -0.147. The third-order valence-corrected chi connectivity index (χ3v) is 5.42. The van der Waals surface area contributed by atoms with E-state index in [9.17, 15) is 19.7 Å². The molecule has 0 radical (unpaired) electrons. The van der Waals surface area contributed by atoms with E-state index in [1.165, 1.54) is 44.8 Å². The minimum atomic E-state index is -0.871. The van der Waals surface area contributed by atoms with Gasteiger partial charge in [-0.1, -0.05) is 0 Å². The Hall–Kier alpha value is -3.93. The molecule has 1 heterocycles. The van der Waals surface area contributed by atoms with Crippen LogP contribution in [0, 0.1) is 10.1 Å². The maximum Gasteiger partial charge on any atom is 0.338 e. The average molecular weight is 458 g/mol. The largest absolute Gasteiger partial charge is 0.497 e. The Kier molecular flexibility index (Phi) is 7.05. The van der Waals surface area contributed by atoms with Gasteiger partial charge in [0.15, 0.2) is 11.8 Å². The van der Waals surface area contributed by atoms with E-state index >= 15 is 0 Å². The van der Waals surface area contributed by atoms with Crippen LogP contribution in [-0.4, -0.2) is 52.3 Å². The highest BCUT2D eigenvalue weighted by atomic mass is 32.2. The minimum Gasteiger partial charge on any atom is -0.497 e. The van der Waals surface area contributed by atoms with Crippen LogP contribution in [0.15, 0.2) is 52.8 Å². The van der Waals surface area contributed by atoms with Crippen molar-refractivity contribution in [2.75, 3.05) is 20.8 Å². The number of ether oxygens (including phenoxy) is 3. The number of ketones is 1. The summed E-state index contributed by atoms with van der Waals surface area (Å²) in [5.74, 6) is -0.598. The maximum absolute atomic E-state index is 12.5. The second kappa shape index (κ2) is 9.92. The van der Waals surface area contributed by atoms with Crippen molar-refractivity contribution >= 4 is 29.2 Å². The first-order valence-corrected chi connectivity index (χ1v) is 9.88. The number of carbonyl (C=O) groups is 2. The van der Waals surface area contributed by atoms with Crippen molar-refractivity contribution in [2.24, 2.45) is 7.05 Å². The second-order valence-electron chi connectivity index (χ2n) is 6.33. The summed E-state index contributed by atoms with van der Waals surface area (Å²) in [7, 11) is 4.58. The van der Waals surface area contributed by atoms with E-state index in [2.05, 4.69) is 10.2 Å². The number of Topliss-reactive ketones (excluding diaryl/α,β-unsaturated/α-hetero) is 1. The molecule has 2 aromatic carbocycles. The quantitative estimate of drug-likeness (QED) is 0.204. The first kappa shape index (κ1) is 22.7. The maximum atomic E-state index is 12.5. The van der Waals surface area contributed by atoms with Gasteiger partial charge < -0.3 is 18.8 Å². The highest BCUT2D eigenvalue weighted by Gasteiger charge is 2.22. The van der Waals surface area contributed by atoms with E-state index < -0.39 is 23.3 Å². The van der Waals surface area contributed by atoms with Gasteiger partial charge in [0.1, 0.15) is 17.8 Å². The zero-order valence-electron chi connectivity index (χ0n) is 17.3. The van der Waals surface area contributed by atoms with E-state index in [0.29, 0.717) is 10.9 Å². The predicted octanol–water partition coefficient (Wildman–Crippen LogP) is 2.93. The normalized spacial score (nSPS) is 10.5. The molecule has 3 rings (SSSR count). The smallest absolute Gasteiger partial charge is 0.338 e. The van der Waals surface area contributed by atoms with Crippen LogP contribution in [0.25, 0.3) is 0 Å². The zero-order valence-corrected chi connectivity index (χ0v) is 18.1. The van der Waals surface area contributed by atoms with Crippen molar-refractivity contribution in [1.29, 1.82) is 0 Å². The molecule has 12 heteroatoms. The van der Waals surface area contributed by atoms with Gasteiger partial charge >= 0.3 is 5.97 Å². The van der Waals surface area contributed by atoms with Crippen LogP contribution in [-0.2, 0) is 11.8 Å². The summed E-state index contributed by atoms with van der Waals surface area (Å²) >= 11 is 1.04. The number of carbonyl (C=O) groups excluding carboxylic acids is 2. The fraction of sp³-hybridized carbons (Fsp3) is 0.200. The topological polar surface area (TPSA) is 136 Å². The highest BCUT2D eigenvalue weighted by molar-refractivity contribution is 7.99. The summed E-state index contributed by atoms with van der Waals surface area (Å²) in [6, 6.07) is 8.51. The Labute approximate surface area is 186 Å². The number of aryl methyl sites for hydroxylation is 1. The molecule has 0 aliphatic carbocycles. The molecule has 0 bridgehead atoms. The molecule has 0 unspecified atom stereocenters. The van der Waals surface area contributed by atoms with Crippen LogP contribution >= 0.6 is 11.8 Å². The van der Waals surface area contributed by atoms with Gasteiger partial charge in [-0.05, 0) is 36.0 Å². The molecule has 32 heavy (non-hydrogen) atoms. The molecule has 3 aromatic rings. The lowest BCUT2D eigenvalue weighted by Gasteiger charge is -2.10. The molecule has 0 saturated carbocycles. The number of hydrogen-bond acceptors (Lipinski definition) is 10. The van der Waals surface area contributed by atoms with E-state index in [-0.39, 0.29) is 27.5 Å². The molecule has 1 aromatic heterocycles. The van der Waals surface area contributed by atoms with Gasteiger partial charge in [-0.25, -0.2) is 4.79 Å². The Morgan fingerprint density at radius 1 is 1.16 bits per heavy atom. The van der Waals surface area contributed by atoms with Gasteiger partial charge in [0.25, 0.3) is 5.69 Å². The van der Waals surface area contributed by atoms with Crippen molar-refractivity contribution < 1.29 is 28.7 Å². The van der Waals surface area contributed by atoms with Gasteiger partial charge in [0.05, 0.1) is 35.2 Å².